The number of benzene rings is 1. The largest absolute Gasteiger partial charge is 0.331 e. The third kappa shape index (κ3) is 2.67. The summed E-state index contributed by atoms with van der Waals surface area (Å²) in [4.78, 5) is 27.7. The highest BCUT2D eigenvalue weighted by Gasteiger charge is 2.38. The fraction of sp³-hybridized carbons (Fsp3) is 0.467. The van der Waals surface area contributed by atoms with Gasteiger partial charge in [-0.3, -0.25) is 4.79 Å². The number of carbonyl (C=O) groups is 2. The highest BCUT2D eigenvalue weighted by molar-refractivity contribution is 6.15. The third-order valence-corrected chi connectivity index (χ3v) is 3.44. The summed E-state index contributed by atoms with van der Waals surface area (Å²) in [5.41, 5.74) is 6.80. The Morgan fingerprint density at radius 1 is 1.25 bits per heavy atom. The first-order valence-electron chi connectivity index (χ1n) is 6.78. The topological polar surface area (TPSA) is 66.6 Å². The minimum Gasteiger partial charge on any atom is -0.326 e. The zero-order chi connectivity index (χ0) is 14.9. The van der Waals surface area contributed by atoms with E-state index in [0.717, 1.165) is 5.56 Å². The van der Waals surface area contributed by atoms with Crippen LogP contribution in [0.25, 0.3) is 0 Å². The van der Waals surface area contributed by atoms with Crippen molar-refractivity contribution in [3.05, 3.63) is 29.8 Å². The molecule has 1 fully saturated rings. The lowest BCUT2D eigenvalue weighted by atomic mass is 10.0. The highest BCUT2D eigenvalue weighted by atomic mass is 16.2. The molecule has 1 heterocycles. The van der Waals surface area contributed by atoms with Gasteiger partial charge in [0.25, 0.3) is 0 Å². The lowest BCUT2D eigenvalue weighted by molar-refractivity contribution is -0.119. The number of nitrogens with two attached hydrogens (primary N) is 1. The summed E-state index contributed by atoms with van der Waals surface area (Å²) in [6.07, 6.45) is 0.343. The van der Waals surface area contributed by atoms with Crippen molar-refractivity contribution in [1.82, 2.24) is 4.90 Å². The van der Waals surface area contributed by atoms with Crippen LogP contribution >= 0.6 is 0 Å². The van der Waals surface area contributed by atoms with Gasteiger partial charge in [0, 0.05) is 25.0 Å². The summed E-state index contributed by atoms with van der Waals surface area (Å²) in [6, 6.07) is 6.99. The molecule has 5 heteroatoms. The average Bonchev–Trinajstić information content (AvgIpc) is 2.37. The predicted octanol–water partition coefficient (Wildman–Crippen LogP) is 2.10. The molecule has 1 aliphatic heterocycles. The van der Waals surface area contributed by atoms with Crippen LogP contribution in [0.15, 0.2) is 24.3 Å². The number of imide groups is 1. The Labute approximate surface area is 119 Å². The maximum atomic E-state index is 12.6. The van der Waals surface area contributed by atoms with E-state index in [0.29, 0.717) is 25.2 Å². The molecule has 0 unspecified atom stereocenters. The molecule has 0 saturated carbocycles. The van der Waals surface area contributed by atoms with Crippen LogP contribution in [0.5, 0.6) is 0 Å². The van der Waals surface area contributed by atoms with Crippen LogP contribution in [0.4, 0.5) is 10.5 Å². The van der Waals surface area contributed by atoms with Crippen molar-refractivity contribution in [3.63, 3.8) is 0 Å². The fourth-order valence-electron chi connectivity index (χ4n) is 2.34. The van der Waals surface area contributed by atoms with E-state index in [1.54, 1.807) is 17.0 Å². The number of hydrogen-bond acceptors (Lipinski definition) is 3. The van der Waals surface area contributed by atoms with E-state index in [1.807, 2.05) is 32.9 Å². The Kier molecular flexibility index (Phi) is 3.81. The van der Waals surface area contributed by atoms with Crippen LogP contribution in [0.2, 0.25) is 0 Å². The molecule has 0 aliphatic carbocycles. The van der Waals surface area contributed by atoms with Gasteiger partial charge < -0.3 is 10.6 Å². The molecule has 0 bridgehead atoms. The third-order valence-electron chi connectivity index (χ3n) is 3.44. The Morgan fingerprint density at radius 3 is 2.55 bits per heavy atom. The van der Waals surface area contributed by atoms with Gasteiger partial charge in [-0.25, -0.2) is 9.69 Å². The second-order valence-corrected chi connectivity index (χ2v) is 5.96. The van der Waals surface area contributed by atoms with Crippen LogP contribution in [0.1, 0.15) is 32.8 Å². The second kappa shape index (κ2) is 5.25. The van der Waals surface area contributed by atoms with Gasteiger partial charge in [0.1, 0.15) is 0 Å². The molecule has 1 aliphatic rings. The van der Waals surface area contributed by atoms with Crippen LogP contribution in [0, 0.1) is 0 Å². The minimum atomic E-state index is -0.304. The molecule has 1 aromatic rings. The van der Waals surface area contributed by atoms with Gasteiger partial charge in [-0.1, -0.05) is 12.1 Å². The Bertz CT molecular complexity index is 534. The summed E-state index contributed by atoms with van der Waals surface area (Å²) in [6.45, 7) is 6.75. The van der Waals surface area contributed by atoms with E-state index in [-0.39, 0.29) is 17.5 Å². The van der Waals surface area contributed by atoms with Crippen molar-refractivity contribution in [2.75, 3.05) is 11.4 Å². The van der Waals surface area contributed by atoms with Crippen molar-refractivity contribution in [2.45, 2.75) is 39.3 Å². The van der Waals surface area contributed by atoms with Gasteiger partial charge in [0.15, 0.2) is 0 Å². The van der Waals surface area contributed by atoms with Crippen LogP contribution in [-0.2, 0) is 11.3 Å². The van der Waals surface area contributed by atoms with Crippen LogP contribution in [-0.4, -0.2) is 28.9 Å². The zero-order valence-electron chi connectivity index (χ0n) is 12.2. The number of hydrogen-bond donors (Lipinski definition) is 1. The van der Waals surface area contributed by atoms with E-state index in [2.05, 4.69) is 0 Å². The van der Waals surface area contributed by atoms with E-state index < -0.39 is 0 Å². The van der Waals surface area contributed by atoms with Crippen molar-refractivity contribution in [1.29, 1.82) is 0 Å². The van der Waals surface area contributed by atoms with E-state index in [9.17, 15) is 9.59 Å². The normalized spacial score (nSPS) is 16.8. The van der Waals surface area contributed by atoms with E-state index in [1.165, 1.54) is 4.90 Å². The number of nitrogens with zero attached hydrogens (tertiary/aromatic N) is 2. The van der Waals surface area contributed by atoms with Crippen molar-refractivity contribution in [2.24, 2.45) is 5.73 Å². The standard InChI is InChI=1S/C15H21N3O2/c1-15(2,3)17-8-7-13(19)18(14(17)20)12-6-4-5-11(9-12)10-16/h4-6,9H,7-8,10,16H2,1-3H3. The Balaban J connectivity index is 2.37. The van der Waals surface area contributed by atoms with Gasteiger partial charge in [-0.05, 0) is 38.5 Å². The first-order chi connectivity index (χ1) is 9.34. The van der Waals surface area contributed by atoms with Gasteiger partial charge in [0.05, 0.1) is 5.69 Å². The summed E-state index contributed by atoms with van der Waals surface area (Å²) >= 11 is 0. The molecule has 2 N–H and O–H groups in total. The van der Waals surface area contributed by atoms with Gasteiger partial charge in [-0.15, -0.1) is 0 Å². The van der Waals surface area contributed by atoms with Crippen LogP contribution < -0.4 is 10.6 Å². The average molecular weight is 275 g/mol. The van der Waals surface area contributed by atoms with Gasteiger partial charge >= 0.3 is 6.03 Å². The number of carbonyl (C=O) groups excluding carboxylic acids is 2. The molecule has 2 rings (SSSR count). The summed E-state index contributed by atoms with van der Waals surface area (Å²) < 4.78 is 0. The molecule has 1 aromatic carbocycles. The molecule has 1 saturated heterocycles. The molecule has 108 valence electrons. The summed E-state index contributed by atoms with van der Waals surface area (Å²) in [5.74, 6) is -0.162. The molecule has 3 amide bonds. The van der Waals surface area contributed by atoms with E-state index in [4.69, 9.17) is 5.73 Å². The van der Waals surface area contributed by atoms with E-state index >= 15 is 0 Å². The fourth-order valence-corrected chi connectivity index (χ4v) is 2.34. The van der Waals surface area contributed by atoms with Gasteiger partial charge in [0.2, 0.25) is 5.91 Å². The highest BCUT2D eigenvalue weighted by Crippen LogP contribution is 2.26. The number of urea groups is 1. The molecule has 0 atom stereocenters. The second-order valence-electron chi connectivity index (χ2n) is 5.96. The summed E-state index contributed by atoms with van der Waals surface area (Å²) in [5, 5.41) is 0. The van der Waals surface area contributed by atoms with Crippen molar-refractivity contribution >= 4 is 17.6 Å². The molecule has 0 spiro atoms. The van der Waals surface area contributed by atoms with Gasteiger partial charge in [-0.2, -0.15) is 0 Å². The maximum Gasteiger partial charge on any atom is 0.331 e. The quantitative estimate of drug-likeness (QED) is 0.898. The smallest absolute Gasteiger partial charge is 0.326 e. The molecular formula is C15H21N3O2. The van der Waals surface area contributed by atoms with Crippen LogP contribution in [0.3, 0.4) is 0 Å². The maximum absolute atomic E-state index is 12.6. The monoisotopic (exact) mass is 275 g/mol. The first-order valence-corrected chi connectivity index (χ1v) is 6.78. The SMILES string of the molecule is CC(C)(C)N1CCC(=O)N(c2cccc(CN)c2)C1=O. The first kappa shape index (κ1) is 14.5. The molecule has 0 aromatic heterocycles. The Morgan fingerprint density at radius 2 is 1.95 bits per heavy atom. The molecule has 0 radical (unpaired) electrons. The van der Waals surface area contributed by atoms with Crippen molar-refractivity contribution in [3.8, 4) is 0 Å². The lowest BCUT2D eigenvalue weighted by Gasteiger charge is -2.42. The van der Waals surface area contributed by atoms with Crippen molar-refractivity contribution < 1.29 is 9.59 Å². The molecule has 5 nitrogen and oxygen atoms in total. The predicted molar refractivity (Wildman–Crippen MR) is 78.3 cm³/mol. The zero-order valence-corrected chi connectivity index (χ0v) is 12.2. The Hall–Kier alpha value is -1.88. The minimum absolute atomic E-state index is 0.162. The summed E-state index contributed by atoms with van der Waals surface area (Å²) in [7, 11) is 0. The molecule has 20 heavy (non-hydrogen) atoms. The number of amides is 3. The molecular weight excluding hydrogens is 254 g/mol. The number of anilines is 1. The lowest BCUT2D eigenvalue weighted by Crippen LogP contribution is -2.58. The number of rotatable bonds is 2.